The Labute approximate surface area is 283 Å². The number of hydrogen-bond donors (Lipinski definition) is 0. The number of halogens is 2. The summed E-state index contributed by atoms with van der Waals surface area (Å²) in [6.07, 6.45) is 0.593. The quantitative estimate of drug-likeness (QED) is 0.217. The molecule has 0 saturated carbocycles. The lowest BCUT2D eigenvalue weighted by molar-refractivity contribution is -0.142. The first kappa shape index (κ1) is 38.5. The van der Waals surface area contributed by atoms with Gasteiger partial charge in [0.25, 0.3) is 0 Å². The Morgan fingerprint density at radius 1 is 0.978 bits per heavy atom. The molecule has 0 N–H and O–H groups in total. The molecular weight excluding hydrogens is 653 g/mol. The predicted octanol–water partition coefficient (Wildman–Crippen LogP) is 6.62. The molecule has 1 aliphatic rings. The molecule has 4 rings (SSSR count). The molecule has 0 aromatic heterocycles. The molecule has 0 spiro atoms. The molecule has 0 bridgehead atoms. The molecule has 0 radical (unpaired) electrons. The highest BCUT2D eigenvalue weighted by Crippen LogP contribution is 2.28. The van der Waals surface area contributed by atoms with E-state index in [4.69, 9.17) is 14.2 Å². The van der Waals surface area contributed by atoms with Crippen molar-refractivity contribution in [2.45, 2.75) is 65.2 Å². The van der Waals surface area contributed by atoms with Crippen molar-refractivity contribution in [1.82, 2.24) is 4.90 Å². The molecule has 0 aliphatic carbocycles. The number of fused-ring (bicyclic) bond motifs is 1. The molecule has 250 valence electrons. The highest BCUT2D eigenvalue weighted by atomic mass is 35.5. The van der Waals surface area contributed by atoms with Crippen molar-refractivity contribution in [1.29, 1.82) is 5.26 Å². The maximum atomic E-state index is 13.6. The summed E-state index contributed by atoms with van der Waals surface area (Å²) in [5.74, 6) is -0.401. The maximum Gasteiger partial charge on any atom is 0.410 e. The van der Waals surface area contributed by atoms with Crippen molar-refractivity contribution < 1.29 is 32.2 Å². The fraction of sp³-hybridized carbons (Fsp3) is 0.424. The zero-order valence-corrected chi connectivity index (χ0v) is 28.9. The number of hydrogen-bond acceptors (Lipinski definition) is 8. The van der Waals surface area contributed by atoms with Crippen LogP contribution in [-0.2, 0) is 30.8 Å². The first-order valence-electron chi connectivity index (χ1n) is 14.7. The van der Waals surface area contributed by atoms with Gasteiger partial charge in [-0.3, -0.25) is 9.10 Å². The number of likely N-dealkylation sites (tertiary alicyclic amines) is 1. The average Bonchev–Trinajstić information content (AvgIpc) is 2.98. The maximum absolute atomic E-state index is 13.6. The summed E-state index contributed by atoms with van der Waals surface area (Å²) in [5, 5.41) is 11.1. The van der Waals surface area contributed by atoms with Gasteiger partial charge in [0.15, 0.2) is 0 Å². The Morgan fingerprint density at radius 3 is 2.24 bits per heavy atom. The van der Waals surface area contributed by atoms with Gasteiger partial charge in [-0.2, -0.15) is 5.26 Å². The van der Waals surface area contributed by atoms with E-state index >= 15 is 0 Å². The van der Waals surface area contributed by atoms with Gasteiger partial charge >= 0.3 is 12.1 Å². The SMILES string of the molecule is CCOC(=O)CCS(=O)(=O)N(Cc1ccc2ccc(C#N)cc2c1)c1ccc(OC2CCN(C(=O)OC(C)(C)C)CC2)cc1.Cl.Cl. The number of rotatable bonds is 10. The predicted molar refractivity (Wildman–Crippen MR) is 182 cm³/mol. The molecule has 1 heterocycles. The van der Waals surface area contributed by atoms with Gasteiger partial charge < -0.3 is 19.1 Å². The van der Waals surface area contributed by atoms with Crippen molar-refractivity contribution in [3.63, 3.8) is 0 Å². The molecule has 1 fully saturated rings. The number of anilines is 1. The molecule has 46 heavy (non-hydrogen) atoms. The zero-order valence-electron chi connectivity index (χ0n) is 26.4. The Bertz CT molecular complexity index is 1630. The molecule has 1 saturated heterocycles. The largest absolute Gasteiger partial charge is 0.490 e. The summed E-state index contributed by atoms with van der Waals surface area (Å²) in [4.78, 5) is 26.0. The standard InChI is InChI=1S/C33H39N3O7S.2ClH/c1-5-41-31(37)16-19-44(39,40)36(23-25-7-9-26-8-6-24(22-34)20-27(26)21-25)28-10-12-29(13-11-28)42-30-14-17-35(18-15-30)32(38)43-33(2,3)4;;/h6-13,20-21,30H,5,14-19,23H2,1-4H3;2*1H. The summed E-state index contributed by atoms with van der Waals surface area (Å²) < 4.78 is 45.0. The highest BCUT2D eigenvalue weighted by molar-refractivity contribution is 7.92. The second-order valence-corrected chi connectivity index (χ2v) is 13.7. The molecular formula is C33H41Cl2N3O7S. The third kappa shape index (κ3) is 10.7. The van der Waals surface area contributed by atoms with Gasteiger partial charge in [0.2, 0.25) is 10.0 Å². The molecule has 3 aromatic carbocycles. The Morgan fingerprint density at radius 2 is 1.63 bits per heavy atom. The van der Waals surface area contributed by atoms with Gasteiger partial charge in [0.1, 0.15) is 17.5 Å². The van der Waals surface area contributed by atoms with Gasteiger partial charge in [-0.05, 0) is 86.5 Å². The van der Waals surface area contributed by atoms with Crippen LogP contribution in [0.2, 0.25) is 0 Å². The van der Waals surface area contributed by atoms with E-state index in [-0.39, 0.29) is 56.6 Å². The van der Waals surface area contributed by atoms with Crippen molar-refractivity contribution in [3.8, 4) is 11.8 Å². The highest BCUT2D eigenvalue weighted by Gasteiger charge is 2.28. The third-order valence-electron chi connectivity index (χ3n) is 7.09. The van der Waals surface area contributed by atoms with Crippen LogP contribution < -0.4 is 9.04 Å². The van der Waals surface area contributed by atoms with Gasteiger partial charge in [0, 0.05) is 25.9 Å². The summed E-state index contributed by atoms with van der Waals surface area (Å²) in [5.41, 5.74) is 1.11. The number of carbonyl (C=O) groups excluding carboxylic acids is 2. The molecule has 1 amide bonds. The van der Waals surface area contributed by atoms with Crippen molar-refractivity contribution in [2.24, 2.45) is 0 Å². The number of ether oxygens (including phenoxy) is 3. The topological polar surface area (TPSA) is 126 Å². The number of benzene rings is 3. The van der Waals surface area contributed by atoms with Crippen LogP contribution in [-0.4, -0.2) is 62.5 Å². The number of amides is 1. The van der Waals surface area contributed by atoms with E-state index in [9.17, 15) is 23.3 Å². The summed E-state index contributed by atoms with van der Waals surface area (Å²) in [6.45, 7) is 8.42. The normalized spacial score (nSPS) is 13.5. The van der Waals surface area contributed by atoms with E-state index in [0.717, 1.165) is 16.3 Å². The first-order valence-corrected chi connectivity index (χ1v) is 16.3. The number of carbonyl (C=O) groups is 2. The van der Waals surface area contributed by atoms with E-state index in [1.807, 2.05) is 45.0 Å². The lowest BCUT2D eigenvalue weighted by Gasteiger charge is -2.33. The van der Waals surface area contributed by atoms with Crippen LogP contribution in [0.5, 0.6) is 5.75 Å². The van der Waals surface area contributed by atoms with Crippen LogP contribution >= 0.6 is 24.8 Å². The monoisotopic (exact) mass is 693 g/mol. The zero-order chi connectivity index (χ0) is 31.9. The van der Waals surface area contributed by atoms with Crippen LogP contribution in [0.4, 0.5) is 10.5 Å². The number of sulfonamides is 1. The minimum atomic E-state index is -3.93. The molecule has 0 atom stereocenters. The van der Waals surface area contributed by atoms with Crippen LogP contribution in [0, 0.1) is 11.3 Å². The van der Waals surface area contributed by atoms with Crippen LogP contribution in [0.25, 0.3) is 10.8 Å². The first-order chi connectivity index (χ1) is 20.9. The van der Waals surface area contributed by atoms with E-state index in [2.05, 4.69) is 6.07 Å². The molecule has 13 heteroatoms. The summed E-state index contributed by atoms with van der Waals surface area (Å²) in [6, 6.07) is 19.9. The number of nitriles is 1. The second-order valence-electron chi connectivity index (χ2n) is 11.7. The van der Waals surface area contributed by atoms with Crippen LogP contribution in [0.15, 0.2) is 60.7 Å². The second kappa shape index (κ2) is 16.7. The number of piperidine rings is 1. The number of esters is 1. The molecule has 3 aromatic rings. The Balaban J connectivity index is 0.00000368. The summed E-state index contributed by atoms with van der Waals surface area (Å²) >= 11 is 0. The molecule has 1 aliphatic heterocycles. The fourth-order valence-electron chi connectivity index (χ4n) is 4.90. The van der Waals surface area contributed by atoms with Crippen LogP contribution in [0.1, 0.15) is 58.1 Å². The number of nitrogens with zero attached hydrogens (tertiary/aromatic N) is 3. The minimum Gasteiger partial charge on any atom is -0.490 e. The summed E-state index contributed by atoms with van der Waals surface area (Å²) in [7, 11) is -3.93. The minimum absolute atomic E-state index is 0. The van der Waals surface area contributed by atoms with Crippen LogP contribution in [0.3, 0.4) is 0 Å². The van der Waals surface area contributed by atoms with E-state index < -0.39 is 27.3 Å². The molecule has 10 nitrogen and oxygen atoms in total. The lowest BCUT2D eigenvalue weighted by Crippen LogP contribution is -2.44. The van der Waals surface area contributed by atoms with Crippen molar-refractivity contribution >= 4 is 63.4 Å². The van der Waals surface area contributed by atoms with Gasteiger partial charge in [-0.1, -0.05) is 18.2 Å². The van der Waals surface area contributed by atoms with Crippen molar-refractivity contribution in [2.75, 3.05) is 29.8 Å². The van der Waals surface area contributed by atoms with Gasteiger partial charge in [0.05, 0.1) is 42.6 Å². The van der Waals surface area contributed by atoms with Gasteiger partial charge in [-0.15, -0.1) is 24.8 Å². The van der Waals surface area contributed by atoms with Gasteiger partial charge in [-0.25, -0.2) is 13.2 Å². The fourth-order valence-corrected chi connectivity index (χ4v) is 6.34. The third-order valence-corrected chi connectivity index (χ3v) is 8.82. The lowest BCUT2D eigenvalue weighted by atomic mass is 10.0. The average molecular weight is 695 g/mol. The van der Waals surface area contributed by atoms with E-state index in [1.165, 1.54) is 4.31 Å². The Kier molecular flexibility index (Phi) is 14.0. The Hall–Kier alpha value is -3.72. The van der Waals surface area contributed by atoms with E-state index in [1.54, 1.807) is 48.2 Å². The smallest absolute Gasteiger partial charge is 0.410 e. The van der Waals surface area contributed by atoms with E-state index in [0.29, 0.717) is 42.9 Å². The molecule has 0 unspecified atom stereocenters. The van der Waals surface area contributed by atoms with Crippen molar-refractivity contribution in [3.05, 3.63) is 71.8 Å².